The van der Waals surface area contributed by atoms with E-state index in [0.717, 1.165) is 45.4 Å². The standard InChI is InChI=1S/C23H24FN3O2/c24-19-5-6-20-21(14-19)29-23(25-20)26-10-7-16(8-11-26)13-22(28)27-12-9-17-3-1-2-4-18(17)15-27/h1-6,14,16H,7-13,15H2. The molecule has 0 saturated carbocycles. The van der Waals surface area contributed by atoms with Crippen LogP contribution in [0.2, 0.25) is 0 Å². The maximum Gasteiger partial charge on any atom is 0.298 e. The lowest BCUT2D eigenvalue weighted by Gasteiger charge is -2.33. The van der Waals surface area contributed by atoms with Crippen molar-refractivity contribution in [1.29, 1.82) is 0 Å². The molecule has 29 heavy (non-hydrogen) atoms. The van der Waals surface area contributed by atoms with Crippen LogP contribution in [-0.4, -0.2) is 35.4 Å². The van der Waals surface area contributed by atoms with Crippen molar-refractivity contribution in [2.24, 2.45) is 5.92 Å². The molecule has 2 aliphatic heterocycles. The summed E-state index contributed by atoms with van der Waals surface area (Å²) in [6, 6.07) is 13.3. The highest BCUT2D eigenvalue weighted by Gasteiger charge is 2.27. The van der Waals surface area contributed by atoms with Gasteiger partial charge in [0.25, 0.3) is 6.01 Å². The van der Waals surface area contributed by atoms with Gasteiger partial charge in [0, 0.05) is 38.7 Å². The molecule has 150 valence electrons. The number of fused-ring (bicyclic) bond motifs is 2. The van der Waals surface area contributed by atoms with Crippen LogP contribution in [0.25, 0.3) is 11.1 Å². The smallest absolute Gasteiger partial charge is 0.298 e. The molecule has 6 heteroatoms. The summed E-state index contributed by atoms with van der Waals surface area (Å²) in [5.74, 6) is 0.325. The number of oxazole rings is 1. The first-order chi connectivity index (χ1) is 14.2. The quantitative estimate of drug-likeness (QED) is 0.671. The molecule has 3 heterocycles. The molecule has 3 aromatic rings. The van der Waals surface area contributed by atoms with Crippen molar-refractivity contribution in [1.82, 2.24) is 9.88 Å². The Kier molecular flexibility index (Phi) is 4.70. The number of carbonyl (C=O) groups excluding carboxylic acids is 1. The number of benzene rings is 2. The van der Waals surface area contributed by atoms with Crippen molar-refractivity contribution < 1.29 is 13.6 Å². The fraction of sp³-hybridized carbons (Fsp3) is 0.391. The molecule has 1 saturated heterocycles. The average molecular weight is 393 g/mol. The summed E-state index contributed by atoms with van der Waals surface area (Å²) in [5.41, 5.74) is 3.78. The minimum Gasteiger partial charge on any atom is -0.423 e. The van der Waals surface area contributed by atoms with E-state index in [1.807, 2.05) is 11.0 Å². The zero-order chi connectivity index (χ0) is 19.8. The largest absolute Gasteiger partial charge is 0.423 e. The number of hydrogen-bond acceptors (Lipinski definition) is 4. The minimum atomic E-state index is -0.322. The number of carbonyl (C=O) groups is 1. The average Bonchev–Trinajstić information content (AvgIpc) is 3.17. The first kappa shape index (κ1) is 18.2. The topological polar surface area (TPSA) is 49.6 Å². The molecule has 5 rings (SSSR count). The van der Waals surface area contributed by atoms with Gasteiger partial charge in [0.05, 0.1) is 0 Å². The van der Waals surface area contributed by atoms with Crippen LogP contribution in [0.15, 0.2) is 46.9 Å². The number of rotatable bonds is 3. The Bertz CT molecular complexity index is 1040. The van der Waals surface area contributed by atoms with Gasteiger partial charge in [0.2, 0.25) is 5.91 Å². The lowest BCUT2D eigenvalue weighted by atomic mass is 9.92. The third-order valence-corrected chi connectivity index (χ3v) is 6.17. The van der Waals surface area contributed by atoms with Crippen LogP contribution in [-0.2, 0) is 17.8 Å². The Labute approximate surface area is 169 Å². The van der Waals surface area contributed by atoms with E-state index >= 15 is 0 Å². The number of hydrogen-bond donors (Lipinski definition) is 0. The number of piperidine rings is 1. The van der Waals surface area contributed by atoms with Gasteiger partial charge in [0.1, 0.15) is 11.3 Å². The Hall–Kier alpha value is -2.89. The molecule has 0 bridgehead atoms. The van der Waals surface area contributed by atoms with Gasteiger partial charge in [-0.15, -0.1) is 0 Å². The van der Waals surface area contributed by atoms with E-state index < -0.39 is 0 Å². The van der Waals surface area contributed by atoms with Crippen molar-refractivity contribution in [2.45, 2.75) is 32.2 Å². The lowest BCUT2D eigenvalue weighted by molar-refractivity contribution is -0.133. The van der Waals surface area contributed by atoms with Gasteiger partial charge in [-0.25, -0.2) is 4.39 Å². The van der Waals surface area contributed by atoms with E-state index in [2.05, 4.69) is 28.1 Å². The second kappa shape index (κ2) is 7.50. The second-order valence-electron chi connectivity index (χ2n) is 8.08. The second-order valence-corrected chi connectivity index (χ2v) is 8.08. The zero-order valence-electron chi connectivity index (χ0n) is 16.3. The molecule has 0 N–H and O–H groups in total. The molecule has 0 unspecified atom stereocenters. The van der Waals surface area contributed by atoms with E-state index in [1.165, 1.54) is 23.3 Å². The maximum atomic E-state index is 13.4. The lowest BCUT2D eigenvalue weighted by Crippen LogP contribution is -2.39. The summed E-state index contributed by atoms with van der Waals surface area (Å²) in [5, 5.41) is 0. The molecule has 1 amide bonds. The Morgan fingerprint density at radius 2 is 1.90 bits per heavy atom. The SMILES string of the molecule is O=C(CC1CCN(c2nc3ccc(F)cc3o2)CC1)N1CCc2ccccc2C1. The molecular weight excluding hydrogens is 369 g/mol. The van der Waals surface area contributed by atoms with Gasteiger partial charge in [-0.2, -0.15) is 4.98 Å². The summed E-state index contributed by atoms with van der Waals surface area (Å²) in [6.07, 6.45) is 3.42. The Balaban J connectivity index is 1.17. The Morgan fingerprint density at radius 1 is 1.10 bits per heavy atom. The first-order valence-corrected chi connectivity index (χ1v) is 10.3. The van der Waals surface area contributed by atoms with Crippen molar-refractivity contribution in [2.75, 3.05) is 24.5 Å². The summed E-state index contributed by atoms with van der Waals surface area (Å²) >= 11 is 0. The fourth-order valence-corrected chi connectivity index (χ4v) is 4.43. The van der Waals surface area contributed by atoms with Crippen molar-refractivity contribution in [3.63, 3.8) is 0 Å². The van der Waals surface area contributed by atoms with Crippen molar-refractivity contribution in [3.05, 3.63) is 59.4 Å². The maximum absolute atomic E-state index is 13.4. The monoisotopic (exact) mass is 393 g/mol. The summed E-state index contributed by atoms with van der Waals surface area (Å²) in [7, 11) is 0. The number of nitrogens with zero attached hydrogens (tertiary/aromatic N) is 3. The van der Waals surface area contributed by atoms with Gasteiger partial charge in [-0.3, -0.25) is 4.79 Å². The Morgan fingerprint density at radius 3 is 2.72 bits per heavy atom. The van der Waals surface area contributed by atoms with Crippen molar-refractivity contribution in [3.8, 4) is 0 Å². The van der Waals surface area contributed by atoms with Gasteiger partial charge in [-0.05, 0) is 48.4 Å². The van der Waals surface area contributed by atoms with E-state index in [-0.39, 0.29) is 11.7 Å². The predicted molar refractivity (Wildman–Crippen MR) is 109 cm³/mol. The molecular formula is C23H24FN3O2. The van der Waals surface area contributed by atoms with E-state index in [9.17, 15) is 9.18 Å². The van der Waals surface area contributed by atoms with Crippen LogP contribution >= 0.6 is 0 Å². The van der Waals surface area contributed by atoms with Crippen molar-refractivity contribution >= 4 is 23.0 Å². The van der Waals surface area contributed by atoms with E-state index in [4.69, 9.17) is 4.42 Å². The highest BCUT2D eigenvalue weighted by molar-refractivity contribution is 5.77. The molecule has 1 aromatic heterocycles. The van der Waals surface area contributed by atoms with Crippen LogP contribution in [0.4, 0.5) is 10.4 Å². The fourth-order valence-electron chi connectivity index (χ4n) is 4.43. The summed E-state index contributed by atoms with van der Waals surface area (Å²) in [6.45, 7) is 3.15. The molecule has 0 atom stereocenters. The molecule has 0 aliphatic carbocycles. The number of amides is 1. The first-order valence-electron chi connectivity index (χ1n) is 10.3. The molecule has 0 spiro atoms. The van der Waals surface area contributed by atoms with Crippen LogP contribution < -0.4 is 4.90 Å². The number of aromatic nitrogens is 1. The highest BCUT2D eigenvalue weighted by atomic mass is 19.1. The molecule has 2 aromatic carbocycles. The van der Waals surface area contributed by atoms with E-state index in [1.54, 1.807) is 6.07 Å². The van der Waals surface area contributed by atoms with Crippen LogP contribution in [0, 0.1) is 11.7 Å². The minimum absolute atomic E-state index is 0.260. The molecule has 5 nitrogen and oxygen atoms in total. The molecule has 0 radical (unpaired) electrons. The summed E-state index contributed by atoms with van der Waals surface area (Å²) in [4.78, 5) is 21.4. The van der Waals surface area contributed by atoms with Gasteiger partial charge in [0.15, 0.2) is 5.58 Å². The number of halogens is 1. The highest BCUT2D eigenvalue weighted by Crippen LogP contribution is 2.29. The van der Waals surface area contributed by atoms with Gasteiger partial charge < -0.3 is 14.2 Å². The van der Waals surface area contributed by atoms with Crippen LogP contribution in [0.3, 0.4) is 0 Å². The zero-order valence-corrected chi connectivity index (χ0v) is 16.3. The summed E-state index contributed by atoms with van der Waals surface area (Å²) < 4.78 is 19.1. The third kappa shape index (κ3) is 3.71. The molecule has 2 aliphatic rings. The third-order valence-electron chi connectivity index (χ3n) is 6.17. The van der Waals surface area contributed by atoms with Gasteiger partial charge >= 0.3 is 0 Å². The molecule has 1 fully saturated rings. The predicted octanol–water partition coefficient (Wildman–Crippen LogP) is 4.16. The number of anilines is 1. The van der Waals surface area contributed by atoms with Crippen LogP contribution in [0.5, 0.6) is 0 Å². The van der Waals surface area contributed by atoms with E-state index in [0.29, 0.717) is 29.5 Å². The normalized spacial score (nSPS) is 17.6. The van der Waals surface area contributed by atoms with Crippen LogP contribution in [0.1, 0.15) is 30.4 Å². The van der Waals surface area contributed by atoms with Gasteiger partial charge in [-0.1, -0.05) is 24.3 Å².